The number of carbonyl (C=O) groups excluding carboxylic acids is 4. The van der Waals surface area contributed by atoms with Crippen molar-refractivity contribution in [2.24, 2.45) is 5.92 Å². The van der Waals surface area contributed by atoms with Gasteiger partial charge in [-0.25, -0.2) is 9.80 Å². The Kier molecular flexibility index (Phi) is 11.8. The summed E-state index contributed by atoms with van der Waals surface area (Å²) in [7, 11) is 0. The predicted octanol–water partition coefficient (Wildman–Crippen LogP) is 4.24. The highest BCUT2D eigenvalue weighted by molar-refractivity contribution is 6.30. The second kappa shape index (κ2) is 14.9. The van der Waals surface area contributed by atoms with Gasteiger partial charge in [-0.05, 0) is 57.7 Å². The van der Waals surface area contributed by atoms with Crippen molar-refractivity contribution in [1.82, 2.24) is 20.7 Å². The summed E-state index contributed by atoms with van der Waals surface area (Å²) in [6.45, 7) is 9.49. The van der Waals surface area contributed by atoms with Crippen molar-refractivity contribution in [3.05, 3.63) is 34.9 Å². The zero-order chi connectivity index (χ0) is 30.2. The third kappa shape index (κ3) is 10.5. The van der Waals surface area contributed by atoms with E-state index in [1.807, 2.05) is 22.0 Å². The summed E-state index contributed by atoms with van der Waals surface area (Å²) >= 11 is 6.02. The molecule has 0 unspecified atom stereocenters. The second-order valence-electron chi connectivity index (χ2n) is 12.1. The molecule has 1 aliphatic carbocycles. The summed E-state index contributed by atoms with van der Waals surface area (Å²) in [5.41, 5.74) is 3.09. The Morgan fingerprint density at radius 3 is 2.32 bits per heavy atom. The normalized spacial score (nSPS) is 19.6. The molecule has 1 aromatic rings. The molecule has 2 fully saturated rings. The minimum Gasteiger partial charge on any atom is -0.465 e. The van der Waals surface area contributed by atoms with Gasteiger partial charge in [-0.1, -0.05) is 49.9 Å². The summed E-state index contributed by atoms with van der Waals surface area (Å²) in [5, 5.41) is 5.11. The van der Waals surface area contributed by atoms with Crippen molar-refractivity contribution >= 4 is 35.5 Å². The molecule has 0 bridgehead atoms. The molecule has 1 heterocycles. The average Bonchev–Trinajstić information content (AvgIpc) is 3.35. The SMILES string of the molecule is CC(=O)OC[C@@H](C)C(=O)N(C1CCCCC1)[C@H]1CCN(NC(=O)[C@@H](Cc2ccc(Cl)cc2)NC(=O)OC(C)(C)C)C1. The minimum atomic E-state index is -0.884. The summed E-state index contributed by atoms with van der Waals surface area (Å²) in [6.07, 6.45) is 5.46. The van der Waals surface area contributed by atoms with E-state index in [0.29, 0.717) is 24.5 Å². The van der Waals surface area contributed by atoms with Crippen LogP contribution in [0.2, 0.25) is 5.02 Å². The first-order valence-electron chi connectivity index (χ1n) is 14.6. The minimum absolute atomic E-state index is 0.0245. The van der Waals surface area contributed by atoms with Crippen LogP contribution in [0.1, 0.15) is 78.7 Å². The quantitative estimate of drug-likeness (QED) is 0.390. The zero-order valence-corrected chi connectivity index (χ0v) is 25.7. The van der Waals surface area contributed by atoms with Crippen molar-refractivity contribution in [2.45, 2.75) is 103 Å². The number of rotatable bonds is 10. The monoisotopic (exact) mass is 592 g/mol. The molecular formula is C30H45ClN4O6. The molecule has 3 amide bonds. The highest BCUT2D eigenvalue weighted by Crippen LogP contribution is 2.29. The van der Waals surface area contributed by atoms with Crippen LogP contribution >= 0.6 is 11.6 Å². The summed E-state index contributed by atoms with van der Waals surface area (Å²) in [5.74, 6) is -1.25. The van der Waals surface area contributed by atoms with E-state index in [1.165, 1.54) is 6.92 Å². The van der Waals surface area contributed by atoms with Gasteiger partial charge >= 0.3 is 12.1 Å². The third-order valence-electron chi connectivity index (χ3n) is 7.37. The molecule has 1 aliphatic heterocycles. The van der Waals surface area contributed by atoms with Gasteiger partial charge in [-0.2, -0.15) is 0 Å². The van der Waals surface area contributed by atoms with E-state index in [2.05, 4.69) is 10.7 Å². The summed E-state index contributed by atoms with van der Waals surface area (Å²) < 4.78 is 10.5. The first kappa shape index (κ1) is 32.7. The van der Waals surface area contributed by atoms with Crippen molar-refractivity contribution < 1.29 is 28.7 Å². The molecule has 11 heteroatoms. The number of amides is 3. The van der Waals surface area contributed by atoms with Crippen LogP contribution in [0.15, 0.2) is 24.3 Å². The molecule has 1 aromatic carbocycles. The maximum absolute atomic E-state index is 13.6. The fourth-order valence-corrected chi connectivity index (χ4v) is 5.53. The first-order valence-corrected chi connectivity index (χ1v) is 14.9. The molecular weight excluding hydrogens is 548 g/mol. The van der Waals surface area contributed by atoms with Crippen LogP contribution in [0.25, 0.3) is 0 Å². The van der Waals surface area contributed by atoms with Gasteiger partial charge in [0.1, 0.15) is 18.2 Å². The van der Waals surface area contributed by atoms with Gasteiger partial charge in [0, 0.05) is 43.5 Å². The Bertz CT molecular complexity index is 1050. The standard InChI is InChI=1S/C30H45ClN4O6/c1-20(19-40-21(2)36)28(38)35(24-9-7-6-8-10-24)25-15-16-34(18-25)33-27(37)26(32-29(39)41-30(3,4)5)17-22-11-13-23(31)14-12-22/h11-14,20,24-26H,6-10,15-19H2,1-5H3,(H,32,39)(H,33,37)/t20-,25+,26-/m1/s1. The van der Waals surface area contributed by atoms with Gasteiger partial charge in [0.05, 0.1) is 5.92 Å². The summed E-state index contributed by atoms with van der Waals surface area (Å²) in [6, 6.07) is 6.27. The molecule has 3 rings (SSSR count). The van der Waals surface area contributed by atoms with Crippen LogP contribution in [0, 0.1) is 5.92 Å². The fourth-order valence-electron chi connectivity index (χ4n) is 5.40. The number of esters is 1. The Labute approximate surface area is 248 Å². The van der Waals surface area contributed by atoms with E-state index < -0.39 is 29.6 Å². The van der Waals surface area contributed by atoms with Crippen LogP contribution in [0.3, 0.4) is 0 Å². The van der Waals surface area contributed by atoms with E-state index in [4.69, 9.17) is 21.1 Å². The van der Waals surface area contributed by atoms with Gasteiger partial charge in [0.15, 0.2) is 0 Å². The summed E-state index contributed by atoms with van der Waals surface area (Å²) in [4.78, 5) is 53.0. The molecule has 41 heavy (non-hydrogen) atoms. The molecule has 0 spiro atoms. The molecule has 2 N–H and O–H groups in total. The lowest BCUT2D eigenvalue weighted by Crippen LogP contribution is -2.55. The van der Waals surface area contributed by atoms with Gasteiger partial charge in [-0.15, -0.1) is 0 Å². The Morgan fingerprint density at radius 2 is 1.71 bits per heavy atom. The molecule has 3 atom stereocenters. The van der Waals surface area contributed by atoms with Crippen molar-refractivity contribution in [3.8, 4) is 0 Å². The van der Waals surface area contributed by atoms with Crippen molar-refractivity contribution in [3.63, 3.8) is 0 Å². The van der Waals surface area contributed by atoms with Crippen LogP contribution in [0.5, 0.6) is 0 Å². The smallest absolute Gasteiger partial charge is 0.408 e. The van der Waals surface area contributed by atoms with Crippen molar-refractivity contribution in [2.75, 3.05) is 19.7 Å². The molecule has 1 saturated carbocycles. The largest absolute Gasteiger partial charge is 0.465 e. The number of hydrogen-bond acceptors (Lipinski definition) is 7. The third-order valence-corrected chi connectivity index (χ3v) is 7.62. The Hall–Kier alpha value is -2.85. The fraction of sp³-hybridized carbons (Fsp3) is 0.667. The Balaban J connectivity index is 1.69. The van der Waals surface area contributed by atoms with Crippen molar-refractivity contribution in [1.29, 1.82) is 0 Å². The number of hydrazine groups is 1. The van der Waals surface area contributed by atoms with Crippen LogP contribution in [-0.2, 0) is 30.3 Å². The van der Waals surface area contributed by atoms with Crippen LogP contribution in [-0.4, -0.2) is 77.2 Å². The first-order chi connectivity index (χ1) is 19.3. The lowest BCUT2D eigenvalue weighted by molar-refractivity contribution is -0.148. The van der Waals surface area contributed by atoms with E-state index in [-0.39, 0.29) is 36.9 Å². The molecule has 2 aliphatic rings. The van der Waals surface area contributed by atoms with Crippen LogP contribution < -0.4 is 10.7 Å². The number of alkyl carbamates (subject to hydrolysis) is 1. The average molecular weight is 593 g/mol. The second-order valence-corrected chi connectivity index (χ2v) is 12.6. The Morgan fingerprint density at radius 1 is 1.05 bits per heavy atom. The highest BCUT2D eigenvalue weighted by Gasteiger charge is 2.38. The number of ether oxygens (including phenoxy) is 2. The van der Waals surface area contributed by atoms with E-state index >= 15 is 0 Å². The molecule has 228 valence electrons. The van der Waals surface area contributed by atoms with E-state index in [9.17, 15) is 19.2 Å². The molecule has 0 radical (unpaired) electrons. The number of nitrogens with zero attached hydrogens (tertiary/aromatic N) is 2. The zero-order valence-electron chi connectivity index (χ0n) is 24.9. The lowest BCUT2D eigenvalue weighted by Gasteiger charge is -2.40. The number of nitrogens with one attached hydrogen (secondary N) is 2. The number of hydrogen-bond donors (Lipinski definition) is 2. The molecule has 0 aromatic heterocycles. The molecule has 10 nitrogen and oxygen atoms in total. The lowest BCUT2D eigenvalue weighted by atomic mass is 9.92. The van der Waals surface area contributed by atoms with Gasteiger partial charge in [-0.3, -0.25) is 19.8 Å². The van der Waals surface area contributed by atoms with E-state index in [1.54, 1.807) is 39.8 Å². The van der Waals surface area contributed by atoms with Gasteiger partial charge in [0.25, 0.3) is 5.91 Å². The number of carbonyl (C=O) groups is 4. The predicted molar refractivity (Wildman–Crippen MR) is 156 cm³/mol. The maximum Gasteiger partial charge on any atom is 0.408 e. The van der Waals surface area contributed by atoms with E-state index in [0.717, 1.165) is 37.7 Å². The number of halogens is 1. The van der Waals surface area contributed by atoms with Gasteiger partial charge < -0.3 is 19.7 Å². The highest BCUT2D eigenvalue weighted by atomic mass is 35.5. The maximum atomic E-state index is 13.6. The topological polar surface area (TPSA) is 117 Å². The van der Waals surface area contributed by atoms with Crippen LogP contribution in [0.4, 0.5) is 4.79 Å². The van der Waals surface area contributed by atoms with Gasteiger partial charge in [0.2, 0.25) is 5.91 Å². The molecule has 1 saturated heterocycles. The number of benzene rings is 1.